The monoisotopic (exact) mass is 300 g/mol. The van der Waals surface area contributed by atoms with Crippen molar-refractivity contribution in [3.8, 4) is 0 Å². The number of benzene rings is 1. The summed E-state index contributed by atoms with van der Waals surface area (Å²) in [7, 11) is 1.80. The van der Waals surface area contributed by atoms with Gasteiger partial charge in [-0.2, -0.15) is 5.10 Å². The maximum atomic E-state index is 12.1. The fraction of sp³-hybridized carbons (Fsp3) is 0.312. The molecule has 2 amide bonds. The van der Waals surface area contributed by atoms with E-state index in [4.69, 9.17) is 0 Å². The lowest BCUT2D eigenvalue weighted by Gasteiger charge is -2.07. The van der Waals surface area contributed by atoms with Gasteiger partial charge in [0.2, 0.25) is 0 Å². The van der Waals surface area contributed by atoms with E-state index in [-0.39, 0.29) is 11.8 Å². The van der Waals surface area contributed by atoms with Crippen LogP contribution in [-0.2, 0) is 7.05 Å². The van der Waals surface area contributed by atoms with E-state index in [9.17, 15) is 9.59 Å². The van der Waals surface area contributed by atoms with Gasteiger partial charge in [0.25, 0.3) is 11.8 Å². The van der Waals surface area contributed by atoms with Crippen molar-refractivity contribution < 1.29 is 9.59 Å². The summed E-state index contributed by atoms with van der Waals surface area (Å²) in [6, 6.07) is 8.97. The molecule has 22 heavy (non-hydrogen) atoms. The Balaban J connectivity index is 1.82. The van der Waals surface area contributed by atoms with E-state index < -0.39 is 0 Å². The molecular formula is C16H20N4O2. The van der Waals surface area contributed by atoms with Crippen molar-refractivity contribution in [1.29, 1.82) is 0 Å². The molecule has 0 aliphatic heterocycles. The molecule has 0 aliphatic carbocycles. The number of carbonyl (C=O) groups excluding carboxylic acids is 2. The van der Waals surface area contributed by atoms with Gasteiger partial charge in [-0.15, -0.1) is 0 Å². The summed E-state index contributed by atoms with van der Waals surface area (Å²) < 4.78 is 1.68. The maximum absolute atomic E-state index is 12.1. The molecule has 0 atom stereocenters. The summed E-state index contributed by atoms with van der Waals surface area (Å²) in [5, 5.41) is 9.77. The first kappa shape index (κ1) is 15.8. The molecule has 0 aliphatic rings. The smallest absolute Gasteiger partial charge is 0.255 e. The molecule has 2 N–H and O–H groups in total. The van der Waals surface area contributed by atoms with Crippen LogP contribution in [0.5, 0.6) is 0 Å². The second-order valence-electron chi connectivity index (χ2n) is 5.05. The summed E-state index contributed by atoms with van der Waals surface area (Å²) in [6.07, 6.45) is 0. The molecule has 0 saturated carbocycles. The number of aryl methyl sites for hydroxylation is 2. The predicted octanol–water partition coefficient (Wildman–Crippen LogP) is 1.20. The minimum absolute atomic E-state index is 0.149. The molecule has 116 valence electrons. The van der Waals surface area contributed by atoms with Gasteiger partial charge < -0.3 is 10.6 Å². The molecule has 1 aromatic carbocycles. The summed E-state index contributed by atoms with van der Waals surface area (Å²) in [4.78, 5) is 24.0. The highest BCUT2D eigenvalue weighted by Crippen LogP contribution is 2.11. The van der Waals surface area contributed by atoms with Crippen molar-refractivity contribution in [2.24, 2.45) is 7.05 Å². The third-order valence-corrected chi connectivity index (χ3v) is 3.47. The van der Waals surface area contributed by atoms with Gasteiger partial charge in [-0.25, -0.2) is 0 Å². The van der Waals surface area contributed by atoms with Gasteiger partial charge in [-0.05, 0) is 26.0 Å². The van der Waals surface area contributed by atoms with Gasteiger partial charge >= 0.3 is 0 Å². The fourth-order valence-electron chi connectivity index (χ4n) is 2.23. The van der Waals surface area contributed by atoms with Gasteiger partial charge in [0, 0.05) is 31.4 Å². The van der Waals surface area contributed by atoms with E-state index in [2.05, 4.69) is 15.7 Å². The van der Waals surface area contributed by atoms with Gasteiger partial charge in [-0.1, -0.05) is 18.2 Å². The highest BCUT2D eigenvalue weighted by atomic mass is 16.2. The Hall–Kier alpha value is -2.63. The van der Waals surface area contributed by atoms with Crippen LogP contribution in [0.2, 0.25) is 0 Å². The Bertz CT molecular complexity index is 677. The SMILES string of the molecule is Cc1nn(C)c(C)c1C(=O)NCCNC(=O)c1ccccc1. The van der Waals surface area contributed by atoms with Crippen molar-refractivity contribution in [2.45, 2.75) is 13.8 Å². The van der Waals surface area contributed by atoms with Crippen molar-refractivity contribution in [3.63, 3.8) is 0 Å². The first-order chi connectivity index (χ1) is 10.5. The van der Waals surface area contributed by atoms with Crippen LogP contribution in [0, 0.1) is 13.8 Å². The molecule has 1 heterocycles. The second kappa shape index (κ2) is 6.89. The molecule has 0 saturated heterocycles. The van der Waals surface area contributed by atoms with E-state index in [1.54, 1.807) is 30.8 Å². The number of rotatable bonds is 5. The first-order valence-corrected chi connectivity index (χ1v) is 7.12. The number of amides is 2. The Morgan fingerprint density at radius 3 is 2.18 bits per heavy atom. The van der Waals surface area contributed by atoms with E-state index in [0.717, 1.165) is 5.69 Å². The molecule has 2 rings (SSSR count). The summed E-state index contributed by atoms with van der Waals surface area (Å²) in [5.41, 5.74) is 2.72. The van der Waals surface area contributed by atoms with Crippen LogP contribution in [-0.4, -0.2) is 34.7 Å². The van der Waals surface area contributed by atoms with Crippen molar-refractivity contribution in [2.75, 3.05) is 13.1 Å². The number of aromatic nitrogens is 2. The lowest BCUT2D eigenvalue weighted by atomic mass is 10.2. The van der Waals surface area contributed by atoms with E-state index >= 15 is 0 Å². The molecule has 0 spiro atoms. The zero-order valence-electron chi connectivity index (χ0n) is 13.0. The number of nitrogens with one attached hydrogen (secondary N) is 2. The van der Waals surface area contributed by atoms with Crippen LogP contribution in [0.3, 0.4) is 0 Å². The van der Waals surface area contributed by atoms with Crippen LogP contribution >= 0.6 is 0 Å². The molecule has 0 radical (unpaired) electrons. The highest BCUT2D eigenvalue weighted by Gasteiger charge is 2.16. The van der Waals surface area contributed by atoms with Crippen LogP contribution in [0.25, 0.3) is 0 Å². The Labute approximate surface area is 129 Å². The van der Waals surface area contributed by atoms with Crippen LogP contribution < -0.4 is 10.6 Å². The second-order valence-corrected chi connectivity index (χ2v) is 5.05. The third kappa shape index (κ3) is 3.52. The van der Waals surface area contributed by atoms with E-state index in [1.807, 2.05) is 25.1 Å². The average Bonchev–Trinajstić information content (AvgIpc) is 2.77. The Morgan fingerprint density at radius 2 is 1.64 bits per heavy atom. The minimum atomic E-state index is -0.169. The van der Waals surface area contributed by atoms with Crippen molar-refractivity contribution >= 4 is 11.8 Å². The topological polar surface area (TPSA) is 76.0 Å². The lowest BCUT2D eigenvalue weighted by Crippen LogP contribution is -2.35. The van der Waals surface area contributed by atoms with Gasteiger partial charge in [0.15, 0.2) is 0 Å². The summed E-state index contributed by atoms with van der Waals surface area (Å²) in [5.74, 6) is -0.319. The molecular weight excluding hydrogens is 280 g/mol. The molecule has 1 aromatic heterocycles. The zero-order chi connectivity index (χ0) is 16.1. The van der Waals surface area contributed by atoms with Crippen molar-refractivity contribution in [1.82, 2.24) is 20.4 Å². The molecule has 6 nitrogen and oxygen atoms in total. The molecule has 6 heteroatoms. The average molecular weight is 300 g/mol. The van der Waals surface area contributed by atoms with E-state index in [1.165, 1.54) is 0 Å². The third-order valence-electron chi connectivity index (χ3n) is 3.47. The van der Waals surface area contributed by atoms with Gasteiger partial charge in [0.05, 0.1) is 11.3 Å². The summed E-state index contributed by atoms with van der Waals surface area (Å²) in [6.45, 7) is 4.40. The fourth-order valence-corrected chi connectivity index (χ4v) is 2.23. The normalized spacial score (nSPS) is 10.3. The molecule has 0 bridgehead atoms. The Morgan fingerprint density at radius 1 is 1.05 bits per heavy atom. The summed E-state index contributed by atoms with van der Waals surface area (Å²) >= 11 is 0. The molecule has 2 aromatic rings. The lowest BCUT2D eigenvalue weighted by molar-refractivity contribution is 0.0927. The minimum Gasteiger partial charge on any atom is -0.350 e. The quantitative estimate of drug-likeness (QED) is 0.815. The predicted molar refractivity (Wildman–Crippen MR) is 83.8 cm³/mol. The van der Waals surface area contributed by atoms with Gasteiger partial charge in [0.1, 0.15) is 0 Å². The first-order valence-electron chi connectivity index (χ1n) is 7.12. The molecule has 0 fully saturated rings. The number of hydrogen-bond acceptors (Lipinski definition) is 3. The van der Waals surface area contributed by atoms with Crippen LogP contribution in [0.4, 0.5) is 0 Å². The number of carbonyl (C=O) groups is 2. The Kier molecular flexibility index (Phi) is 4.93. The zero-order valence-corrected chi connectivity index (χ0v) is 13.0. The highest BCUT2D eigenvalue weighted by molar-refractivity contribution is 5.96. The van der Waals surface area contributed by atoms with Crippen LogP contribution in [0.15, 0.2) is 30.3 Å². The maximum Gasteiger partial charge on any atom is 0.255 e. The van der Waals surface area contributed by atoms with E-state index in [0.29, 0.717) is 29.9 Å². The molecule has 0 unspecified atom stereocenters. The van der Waals surface area contributed by atoms with Gasteiger partial charge in [-0.3, -0.25) is 14.3 Å². The number of hydrogen-bond donors (Lipinski definition) is 2. The van der Waals surface area contributed by atoms with Crippen LogP contribution in [0.1, 0.15) is 32.1 Å². The van der Waals surface area contributed by atoms with Crippen molar-refractivity contribution in [3.05, 3.63) is 52.8 Å². The largest absolute Gasteiger partial charge is 0.350 e. The number of nitrogens with zero attached hydrogens (tertiary/aromatic N) is 2. The standard InChI is InChI=1S/C16H20N4O2/c1-11-14(12(2)20(3)19-11)16(22)18-10-9-17-15(21)13-7-5-4-6-8-13/h4-8H,9-10H2,1-3H3,(H,17,21)(H,18,22).